The molecule has 0 aromatic heterocycles. The molecule has 0 saturated carbocycles. The monoisotopic (exact) mass is 352 g/mol. The summed E-state index contributed by atoms with van der Waals surface area (Å²) in [6.07, 6.45) is 1.98. The summed E-state index contributed by atoms with van der Waals surface area (Å²) in [6.45, 7) is 7.24. The third-order valence-electron chi connectivity index (χ3n) is 4.83. The first-order valence-corrected chi connectivity index (χ1v) is 9.35. The number of ether oxygens (including phenoxy) is 1. The molecule has 0 atom stereocenters. The number of nitrogens with zero attached hydrogens (tertiary/aromatic N) is 1. The van der Waals surface area contributed by atoms with Crippen molar-refractivity contribution >= 4 is 5.91 Å². The molecule has 26 heavy (non-hydrogen) atoms. The largest absolute Gasteiger partial charge is 0.484 e. The fourth-order valence-electron chi connectivity index (χ4n) is 3.36. The number of rotatable bonds is 6. The molecule has 4 heteroatoms. The Kier molecular flexibility index (Phi) is 6.29. The van der Waals surface area contributed by atoms with Crippen LogP contribution in [0.25, 0.3) is 0 Å². The summed E-state index contributed by atoms with van der Waals surface area (Å²) in [5.41, 5.74) is 3.84. The molecular formula is C22H28N2O2. The Balaban J connectivity index is 1.38. The van der Waals surface area contributed by atoms with Crippen LogP contribution in [0.3, 0.4) is 0 Å². The molecule has 0 bridgehead atoms. The molecular weight excluding hydrogens is 324 g/mol. The number of carbonyl (C=O) groups excluding carboxylic acids is 1. The average molecular weight is 352 g/mol. The van der Waals surface area contributed by atoms with Gasteiger partial charge in [0.25, 0.3) is 5.91 Å². The first-order chi connectivity index (χ1) is 12.6. The highest BCUT2D eigenvalue weighted by Gasteiger charge is 2.20. The molecule has 0 radical (unpaired) electrons. The summed E-state index contributed by atoms with van der Waals surface area (Å²) in [4.78, 5) is 14.6. The first kappa shape index (κ1) is 18.5. The van der Waals surface area contributed by atoms with Crippen LogP contribution in [-0.4, -0.2) is 36.5 Å². The fourth-order valence-corrected chi connectivity index (χ4v) is 3.36. The first-order valence-electron chi connectivity index (χ1n) is 9.35. The van der Waals surface area contributed by atoms with Crippen LogP contribution in [0.5, 0.6) is 5.75 Å². The minimum absolute atomic E-state index is 0.0392. The lowest BCUT2D eigenvalue weighted by molar-refractivity contribution is -0.124. The maximum atomic E-state index is 12.1. The summed E-state index contributed by atoms with van der Waals surface area (Å²) in [5, 5.41) is 3.10. The Labute approximate surface area is 156 Å². The highest BCUT2D eigenvalue weighted by Crippen LogP contribution is 2.15. The molecule has 3 rings (SSSR count). The third kappa shape index (κ3) is 5.60. The Bertz CT molecular complexity index is 719. The topological polar surface area (TPSA) is 41.6 Å². The number of benzene rings is 2. The standard InChI is InChI=1S/C22H28N2O2/c1-17-6-8-21(9-7-17)26-16-22(25)23-20-10-12-24(13-11-20)15-19-5-3-4-18(2)14-19/h3-9,14,20H,10-13,15-16H2,1-2H3,(H,23,25). The summed E-state index contributed by atoms with van der Waals surface area (Å²) in [7, 11) is 0. The van der Waals surface area contributed by atoms with Gasteiger partial charge in [0.05, 0.1) is 0 Å². The minimum atomic E-state index is -0.0392. The van der Waals surface area contributed by atoms with E-state index >= 15 is 0 Å². The van der Waals surface area contributed by atoms with Crippen LogP contribution in [-0.2, 0) is 11.3 Å². The summed E-state index contributed by atoms with van der Waals surface area (Å²) >= 11 is 0. The normalized spacial score (nSPS) is 15.6. The molecule has 1 saturated heterocycles. The fraction of sp³-hybridized carbons (Fsp3) is 0.409. The maximum absolute atomic E-state index is 12.1. The van der Waals surface area contributed by atoms with E-state index in [0.29, 0.717) is 0 Å². The van der Waals surface area contributed by atoms with Crippen LogP contribution in [0.1, 0.15) is 29.5 Å². The van der Waals surface area contributed by atoms with Gasteiger partial charge in [-0.1, -0.05) is 47.5 Å². The van der Waals surface area contributed by atoms with Gasteiger partial charge in [0.15, 0.2) is 6.61 Å². The molecule has 2 aromatic rings. The molecule has 4 nitrogen and oxygen atoms in total. The van der Waals surface area contributed by atoms with E-state index in [1.807, 2.05) is 31.2 Å². The van der Waals surface area contributed by atoms with Crippen molar-refractivity contribution in [3.05, 3.63) is 65.2 Å². The van der Waals surface area contributed by atoms with Crippen molar-refractivity contribution in [3.8, 4) is 5.75 Å². The number of hydrogen-bond donors (Lipinski definition) is 1. The number of nitrogens with one attached hydrogen (secondary N) is 1. The van der Waals surface area contributed by atoms with Crippen molar-refractivity contribution in [2.45, 2.75) is 39.3 Å². The van der Waals surface area contributed by atoms with Gasteiger partial charge in [-0.2, -0.15) is 0 Å². The molecule has 0 unspecified atom stereocenters. The van der Waals surface area contributed by atoms with Gasteiger partial charge in [-0.3, -0.25) is 9.69 Å². The van der Waals surface area contributed by atoms with Crippen molar-refractivity contribution in [1.29, 1.82) is 0 Å². The summed E-state index contributed by atoms with van der Waals surface area (Å²) in [5.74, 6) is 0.696. The highest BCUT2D eigenvalue weighted by molar-refractivity contribution is 5.77. The second-order valence-corrected chi connectivity index (χ2v) is 7.21. The number of carbonyl (C=O) groups is 1. The summed E-state index contributed by atoms with van der Waals surface area (Å²) in [6, 6.07) is 16.7. The molecule has 1 aliphatic heterocycles. The second-order valence-electron chi connectivity index (χ2n) is 7.21. The van der Waals surface area contributed by atoms with E-state index in [1.165, 1.54) is 16.7 Å². The van der Waals surface area contributed by atoms with Crippen molar-refractivity contribution in [2.75, 3.05) is 19.7 Å². The Morgan fingerprint density at radius 3 is 2.50 bits per heavy atom. The molecule has 0 aliphatic carbocycles. The van der Waals surface area contributed by atoms with Gasteiger partial charge in [-0.15, -0.1) is 0 Å². The van der Waals surface area contributed by atoms with Crippen LogP contribution in [0, 0.1) is 13.8 Å². The van der Waals surface area contributed by atoms with Crippen LogP contribution in [0.4, 0.5) is 0 Å². The number of aryl methyl sites for hydroxylation is 2. The molecule has 1 heterocycles. The zero-order valence-electron chi connectivity index (χ0n) is 15.7. The third-order valence-corrected chi connectivity index (χ3v) is 4.83. The lowest BCUT2D eigenvalue weighted by Crippen LogP contribution is -2.45. The molecule has 1 amide bonds. The zero-order chi connectivity index (χ0) is 18.4. The Morgan fingerprint density at radius 1 is 1.08 bits per heavy atom. The van der Waals surface area contributed by atoms with Crippen LogP contribution >= 0.6 is 0 Å². The summed E-state index contributed by atoms with van der Waals surface area (Å²) < 4.78 is 5.55. The van der Waals surface area contributed by atoms with E-state index in [2.05, 4.69) is 41.4 Å². The molecule has 1 fully saturated rings. The van der Waals surface area contributed by atoms with E-state index in [-0.39, 0.29) is 18.6 Å². The lowest BCUT2D eigenvalue weighted by Gasteiger charge is -2.32. The molecule has 2 aromatic carbocycles. The van der Waals surface area contributed by atoms with Gasteiger partial charge >= 0.3 is 0 Å². The van der Waals surface area contributed by atoms with Crippen molar-refractivity contribution in [1.82, 2.24) is 10.2 Å². The molecule has 1 aliphatic rings. The van der Waals surface area contributed by atoms with Gasteiger partial charge in [0.1, 0.15) is 5.75 Å². The number of likely N-dealkylation sites (tertiary alicyclic amines) is 1. The van der Waals surface area contributed by atoms with E-state index in [0.717, 1.165) is 38.2 Å². The predicted octanol–water partition coefficient (Wildman–Crippen LogP) is 3.46. The van der Waals surface area contributed by atoms with E-state index in [1.54, 1.807) is 0 Å². The van der Waals surface area contributed by atoms with Gasteiger partial charge in [0, 0.05) is 25.7 Å². The van der Waals surface area contributed by atoms with E-state index < -0.39 is 0 Å². The lowest BCUT2D eigenvalue weighted by atomic mass is 10.0. The zero-order valence-corrected chi connectivity index (χ0v) is 15.7. The van der Waals surface area contributed by atoms with Crippen molar-refractivity contribution < 1.29 is 9.53 Å². The average Bonchev–Trinajstić information content (AvgIpc) is 2.63. The van der Waals surface area contributed by atoms with Crippen LogP contribution in [0.15, 0.2) is 48.5 Å². The number of amides is 1. The van der Waals surface area contributed by atoms with Gasteiger partial charge < -0.3 is 10.1 Å². The van der Waals surface area contributed by atoms with Crippen molar-refractivity contribution in [3.63, 3.8) is 0 Å². The predicted molar refractivity (Wildman–Crippen MR) is 104 cm³/mol. The second kappa shape index (κ2) is 8.86. The smallest absolute Gasteiger partial charge is 0.258 e. The molecule has 1 N–H and O–H groups in total. The van der Waals surface area contributed by atoms with Gasteiger partial charge in [-0.25, -0.2) is 0 Å². The van der Waals surface area contributed by atoms with Crippen LogP contribution < -0.4 is 10.1 Å². The molecule has 138 valence electrons. The Morgan fingerprint density at radius 2 is 1.81 bits per heavy atom. The van der Waals surface area contributed by atoms with Crippen molar-refractivity contribution in [2.24, 2.45) is 0 Å². The van der Waals surface area contributed by atoms with Crippen LogP contribution in [0.2, 0.25) is 0 Å². The quantitative estimate of drug-likeness (QED) is 0.866. The Hall–Kier alpha value is -2.33. The van der Waals surface area contributed by atoms with Gasteiger partial charge in [0.2, 0.25) is 0 Å². The van der Waals surface area contributed by atoms with E-state index in [4.69, 9.17) is 4.74 Å². The van der Waals surface area contributed by atoms with Gasteiger partial charge in [-0.05, 0) is 44.4 Å². The minimum Gasteiger partial charge on any atom is -0.484 e. The van der Waals surface area contributed by atoms with E-state index in [9.17, 15) is 4.79 Å². The maximum Gasteiger partial charge on any atom is 0.258 e. The SMILES string of the molecule is Cc1ccc(OCC(=O)NC2CCN(Cc3cccc(C)c3)CC2)cc1. The highest BCUT2D eigenvalue weighted by atomic mass is 16.5. The molecule has 0 spiro atoms. The number of piperidine rings is 1. The number of hydrogen-bond acceptors (Lipinski definition) is 3.